The van der Waals surface area contributed by atoms with Crippen LogP contribution in [0.5, 0.6) is 0 Å². The van der Waals surface area contributed by atoms with Crippen molar-refractivity contribution in [2.24, 2.45) is 58.2 Å². The molecule has 4 aliphatic carbocycles. The van der Waals surface area contributed by atoms with E-state index in [1.54, 1.807) is 6.92 Å². The van der Waals surface area contributed by atoms with Gasteiger partial charge in [0.15, 0.2) is 0 Å². The Morgan fingerprint density at radius 1 is 1.00 bits per heavy atom. The lowest BCUT2D eigenvalue weighted by atomic mass is 9.41. The van der Waals surface area contributed by atoms with Gasteiger partial charge in [-0.05, 0) is 97.2 Å². The molecule has 4 rings (SSSR count). The maximum atomic E-state index is 11.8. The Kier molecular flexibility index (Phi) is 6.53. The first-order valence-electron chi connectivity index (χ1n) is 13.2. The molecule has 13 atom stereocenters. The molecule has 0 aromatic rings. The van der Waals surface area contributed by atoms with Gasteiger partial charge in [-0.3, -0.25) is 4.79 Å². The summed E-state index contributed by atoms with van der Waals surface area (Å²) in [6.07, 6.45) is 5.85. The van der Waals surface area contributed by atoms with Crippen LogP contribution in [0.2, 0.25) is 0 Å². The van der Waals surface area contributed by atoms with E-state index >= 15 is 0 Å². The van der Waals surface area contributed by atoms with Crippen molar-refractivity contribution in [2.45, 2.75) is 104 Å². The minimum Gasteiger partial charge on any atom is -0.481 e. The van der Waals surface area contributed by atoms with Crippen LogP contribution in [-0.4, -0.2) is 44.7 Å². The lowest BCUT2D eigenvalue weighted by Gasteiger charge is -2.65. The summed E-state index contributed by atoms with van der Waals surface area (Å²) in [6, 6.07) is 0. The fourth-order valence-corrected chi connectivity index (χ4v) is 9.71. The quantitative estimate of drug-likeness (QED) is 0.500. The van der Waals surface area contributed by atoms with Crippen molar-refractivity contribution < 1.29 is 25.2 Å². The molecule has 5 unspecified atom stereocenters. The average molecular weight is 451 g/mol. The van der Waals surface area contributed by atoms with E-state index in [4.69, 9.17) is 0 Å². The van der Waals surface area contributed by atoms with Crippen LogP contribution in [0.3, 0.4) is 0 Å². The lowest BCUT2D eigenvalue weighted by Crippen LogP contribution is -2.65. The fourth-order valence-electron chi connectivity index (χ4n) is 9.71. The summed E-state index contributed by atoms with van der Waals surface area (Å²) in [7, 11) is 0. The number of carboxylic acids is 1. The Morgan fingerprint density at radius 2 is 1.69 bits per heavy atom. The van der Waals surface area contributed by atoms with Crippen LogP contribution in [0.4, 0.5) is 0 Å². The molecule has 0 radical (unpaired) electrons. The highest BCUT2D eigenvalue weighted by Crippen LogP contribution is 2.69. The predicted octanol–water partition coefficient (Wildman–Crippen LogP) is 4.33. The van der Waals surface area contributed by atoms with Gasteiger partial charge in [0.25, 0.3) is 0 Å². The Morgan fingerprint density at radius 3 is 2.31 bits per heavy atom. The van der Waals surface area contributed by atoms with Crippen molar-refractivity contribution in [2.75, 3.05) is 0 Å². The molecule has 5 heteroatoms. The van der Waals surface area contributed by atoms with Crippen molar-refractivity contribution >= 4 is 5.97 Å². The lowest BCUT2D eigenvalue weighted by molar-refractivity contribution is -0.228. The fraction of sp³-hybridized carbons (Fsp3) is 0.963. The van der Waals surface area contributed by atoms with Gasteiger partial charge in [0.2, 0.25) is 0 Å². The summed E-state index contributed by atoms with van der Waals surface area (Å²) >= 11 is 0. The van der Waals surface area contributed by atoms with Crippen molar-refractivity contribution in [1.29, 1.82) is 0 Å². The predicted molar refractivity (Wildman–Crippen MR) is 124 cm³/mol. The molecule has 4 aliphatic rings. The Hall–Kier alpha value is -0.650. The van der Waals surface area contributed by atoms with Gasteiger partial charge in [-0.15, -0.1) is 0 Å². The van der Waals surface area contributed by atoms with Crippen LogP contribution >= 0.6 is 0 Å². The van der Waals surface area contributed by atoms with Gasteiger partial charge in [0.05, 0.1) is 24.2 Å². The maximum Gasteiger partial charge on any atom is 0.306 e. The van der Waals surface area contributed by atoms with E-state index in [0.717, 1.165) is 44.9 Å². The zero-order valence-electron chi connectivity index (χ0n) is 20.7. The first-order valence-corrected chi connectivity index (χ1v) is 13.2. The first kappa shape index (κ1) is 24.5. The molecule has 32 heavy (non-hydrogen) atoms. The van der Waals surface area contributed by atoms with Crippen LogP contribution in [0.1, 0.15) is 86.0 Å². The Bertz CT molecular complexity index is 710. The highest BCUT2D eigenvalue weighted by molar-refractivity contribution is 5.69. The van der Waals surface area contributed by atoms with Crippen molar-refractivity contribution in [1.82, 2.24) is 0 Å². The van der Waals surface area contributed by atoms with Crippen molar-refractivity contribution in [3.8, 4) is 0 Å². The molecular weight excluding hydrogens is 404 g/mol. The summed E-state index contributed by atoms with van der Waals surface area (Å²) in [5, 5.41) is 43.3. The molecule has 5 nitrogen and oxygen atoms in total. The van der Waals surface area contributed by atoms with E-state index in [-0.39, 0.29) is 64.5 Å². The molecule has 0 amide bonds. The van der Waals surface area contributed by atoms with Crippen LogP contribution in [-0.2, 0) is 4.79 Å². The molecule has 0 saturated heterocycles. The monoisotopic (exact) mass is 450 g/mol. The summed E-state index contributed by atoms with van der Waals surface area (Å²) in [4.78, 5) is 11.5. The van der Waals surface area contributed by atoms with Crippen LogP contribution in [0.25, 0.3) is 0 Å². The summed E-state index contributed by atoms with van der Waals surface area (Å²) in [5.41, 5.74) is -0.205. The normalized spacial score (nSPS) is 52.4. The van der Waals surface area contributed by atoms with Gasteiger partial charge in [0.1, 0.15) is 0 Å². The van der Waals surface area contributed by atoms with E-state index in [2.05, 4.69) is 27.7 Å². The molecular formula is C27H46O5. The molecule has 0 aromatic carbocycles. The molecule has 0 bridgehead atoms. The molecule has 4 N–H and O–H groups in total. The topological polar surface area (TPSA) is 98.0 Å². The number of hydrogen-bond donors (Lipinski definition) is 4. The number of hydrogen-bond acceptors (Lipinski definition) is 4. The van der Waals surface area contributed by atoms with E-state index < -0.39 is 12.1 Å². The Labute approximate surface area is 194 Å². The van der Waals surface area contributed by atoms with E-state index in [1.165, 1.54) is 0 Å². The van der Waals surface area contributed by atoms with Gasteiger partial charge >= 0.3 is 5.97 Å². The number of aliphatic hydroxyl groups is 3. The van der Waals surface area contributed by atoms with Gasteiger partial charge in [0, 0.05) is 0 Å². The van der Waals surface area contributed by atoms with Gasteiger partial charge in [-0.25, -0.2) is 0 Å². The maximum absolute atomic E-state index is 11.8. The van der Waals surface area contributed by atoms with Gasteiger partial charge in [-0.1, -0.05) is 41.0 Å². The second-order valence-electron chi connectivity index (χ2n) is 12.6. The third kappa shape index (κ3) is 3.48. The van der Waals surface area contributed by atoms with Gasteiger partial charge in [-0.2, -0.15) is 0 Å². The average Bonchev–Trinajstić information content (AvgIpc) is 3.09. The molecule has 4 fully saturated rings. The van der Waals surface area contributed by atoms with E-state index in [9.17, 15) is 25.2 Å². The third-order valence-corrected chi connectivity index (χ3v) is 11.4. The molecule has 0 heterocycles. The molecule has 0 spiro atoms. The molecule has 0 aliphatic heterocycles. The highest BCUT2D eigenvalue weighted by atomic mass is 16.4. The summed E-state index contributed by atoms with van der Waals surface area (Å²) in [5.74, 6) is 0.687. The van der Waals surface area contributed by atoms with E-state index in [1.807, 2.05) is 0 Å². The molecule has 0 aromatic heterocycles. The number of carboxylic acid groups (broad SMARTS) is 1. The number of carbonyl (C=O) groups is 1. The Balaban J connectivity index is 1.66. The minimum atomic E-state index is -0.743. The van der Waals surface area contributed by atoms with Crippen LogP contribution < -0.4 is 0 Å². The second-order valence-corrected chi connectivity index (χ2v) is 12.6. The third-order valence-electron chi connectivity index (χ3n) is 11.4. The summed E-state index contributed by atoms with van der Waals surface area (Å²) in [6.45, 7) is 10.8. The van der Waals surface area contributed by atoms with Crippen molar-refractivity contribution in [3.05, 3.63) is 0 Å². The zero-order chi connectivity index (χ0) is 23.6. The highest BCUT2D eigenvalue weighted by Gasteiger charge is 2.67. The summed E-state index contributed by atoms with van der Waals surface area (Å²) < 4.78 is 0. The number of aliphatic hydroxyl groups excluding tert-OH is 3. The number of aliphatic carboxylic acids is 1. The van der Waals surface area contributed by atoms with Crippen LogP contribution in [0, 0.1) is 58.2 Å². The zero-order valence-corrected chi connectivity index (χ0v) is 20.7. The van der Waals surface area contributed by atoms with Gasteiger partial charge < -0.3 is 20.4 Å². The number of rotatable bonds is 5. The number of fused-ring (bicyclic) bond motifs is 5. The smallest absolute Gasteiger partial charge is 0.306 e. The minimum absolute atomic E-state index is 0.0631. The second kappa shape index (κ2) is 8.53. The SMILES string of the molecule is CC[C@H]1[C@@H](O)C2C3CCC([C@H](C)C[C@H](C)C(=O)O)[C@@]3(C)C(O)CC2[C@@]2(C)CC[C@@H](O)C[C@@H]12. The van der Waals surface area contributed by atoms with Crippen LogP contribution in [0.15, 0.2) is 0 Å². The largest absolute Gasteiger partial charge is 0.481 e. The standard InChI is InChI=1S/C27H46O5/c1-6-17-20-12-16(28)9-10-26(20,4)21-13-22(29)27(5)18(14(2)11-15(3)25(31)32)7-8-19(27)23(21)24(17)30/h14-24,28-30H,6-13H2,1-5H3,(H,31,32)/t14-,15+,16-,17-,18?,19?,20+,21?,22?,23?,24-,26+,27-/m1/s1. The molecule has 4 saturated carbocycles. The van der Waals surface area contributed by atoms with E-state index in [0.29, 0.717) is 12.3 Å². The first-order chi connectivity index (χ1) is 15.0. The van der Waals surface area contributed by atoms with Crippen molar-refractivity contribution in [3.63, 3.8) is 0 Å². The molecule has 184 valence electrons.